The number of halogens is 1. The molecule has 0 spiro atoms. The zero-order chi connectivity index (χ0) is 13.7. The second-order valence-corrected chi connectivity index (χ2v) is 4.87. The molecule has 1 aromatic rings. The summed E-state index contributed by atoms with van der Waals surface area (Å²) in [5.41, 5.74) is 0.779. The molecule has 2 N–H and O–H groups in total. The first-order valence-electron chi connectivity index (χ1n) is 5.88. The van der Waals surface area contributed by atoms with Crippen molar-refractivity contribution in [3.8, 4) is 11.5 Å². The zero-order valence-corrected chi connectivity index (χ0v) is 12.7. The van der Waals surface area contributed by atoms with Gasteiger partial charge in [0.1, 0.15) is 0 Å². The summed E-state index contributed by atoms with van der Waals surface area (Å²) in [6.07, 6.45) is -0.612. The lowest BCUT2D eigenvalue weighted by Gasteiger charge is -2.22. The van der Waals surface area contributed by atoms with Crippen molar-refractivity contribution >= 4 is 15.9 Å². The van der Waals surface area contributed by atoms with E-state index in [4.69, 9.17) is 9.47 Å². The lowest BCUT2D eigenvalue weighted by atomic mass is 10.0. The molecule has 2 unspecified atom stereocenters. The Balaban J connectivity index is 3.08. The Kier molecular flexibility index (Phi) is 5.91. The molecule has 18 heavy (non-hydrogen) atoms. The lowest BCUT2D eigenvalue weighted by molar-refractivity contribution is 0.136. The van der Waals surface area contributed by atoms with E-state index in [0.717, 1.165) is 16.6 Å². The fourth-order valence-electron chi connectivity index (χ4n) is 1.80. The van der Waals surface area contributed by atoms with Crippen LogP contribution in [0.1, 0.15) is 25.5 Å². The van der Waals surface area contributed by atoms with Crippen LogP contribution in [0.5, 0.6) is 11.5 Å². The van der Waals surface area contributed by atoms with Gasteiger partial charge in [0.25, 0.3) is 0 Å². The topological polar surface area (TPSA) is 50.7 Å². The van der Waals surface area contributed by atoms with Crippen LogP contribution in [0.2, 0.25) is 0 Å². The number of rotatable bonds is 6. The Morgan fingerprint density at radius 3 is 2.33 bits per heavy atom. The number of aliphatic hydroxyl groups excluding tert-OH is 1. The minimum Gasteiger partial charge on any atom is -0.493 e. The van der Waals surface area contributed by atoms with E-state index in [0.29, 0.717) is 11.5 Å². The SMILES string of the molecule is CCNC(C)C(O)c1cc(OC)c(OC)cc1Br. The molecule has 0 fully saturated rings. The highest BCUT2D eigenvalue weighted by atomic mass is 79.9. The Hall–Kier alpha value is -0.780. The summed E-state index contributed by atoms with van der Waals surface area (Å²) in [5, 5.41) is 13.5. The Morgan fingerprint density at radius 1 is 1.28 bits per heavy atom. The number of methoxy groups -OCH3 is 2. The van der Waals surface area contributed by atoms with Gasteiger partial charge in [-0.25, -0.2) is 0 Å². The number of nitrogens with one attached hydrogen (secondary N) is 1. The number of likely N-dealkylation sites (N-methyl/N-ethyl adjacent to an activating group) is 1. The van der Waals surface area contributed by atoms with Gasteiger partial charge in [0.05, 0.1) is 20.3 Å². The molecule has 0 amide bonds. The van der Waals surface area contributed by atoms with Gasteiger partial charge in [-0.05, 0) is 25.6 Å². The van der Waals surface area contributed by atoms with Crippen molar-refractivity contribution in [1.29, 1.82) is 0 Å². The van der Waals surface area contributed by atoms with Crippen LogP contribution in [-0.4, -0.2) is 31.9 Å². The Morgan fingerprint density at radius 2 is 1.83 bits per heavy atom. The van der Waals surface area contributed by atoms with Gasteiger partial charge in [-0.3, -0.25) is 0 Å². The van der Waals surface area contributed by atoms with E-state index in [9.17, 15) is 5.11 Å². The molecule has 0 radical (unpaired) electrons. The van der Waals surface area contributed by atoms with E-state index < -0.39 is 6.10 Å². The van der Waals surface area contributed by atoms with Gasteiger partial charge in [-0.1, -0.05) is 22.9 Å². The smallest absolute Gasteiger partial charge is 0.161 e. The van der Waals surface area contributed by atoms with Crippen LogP contribution < -0.4 is 14.8 Å². The first-order valence-corrected chi connectivity index (χ1v) is 6.67. The summed E-state index contributed by atoms with van der Waals surface area (Å²) in [5.74, 6) is 1.25. The second kappa shape index (κ2) is 6.97. The molecule has 0 bridgehead atoms. The summed E-state index contributed by atoms with van der Waals surface area (Å²) in [6, 6.07) is 3.56. The fourth-order valence-corrected chi connectivity index (χ4v) is 2.36. The van der Waals surface area contributed by atoms with Crippen LogP contribution in [0.25, 0.3) is 0 Å². The maximum absolute atomic E-state index is 10.3. The monoisotopic (exact) mass is 317 g/mol. The van der Waals surface area contributed by atoms with E-state index >= 15 is 0 Å². The van der Waals surface area contributed by atoms with E-state index in [1.165, 1.54) is 0 Å². The third kappa shape index (κ3) is 3.37. The van der Waals surface area contributed by atoms with Crippen molar-refractivity contribution in [3.63, 3.8) is 0 Å². The van der Waals surface area contributed by atoms with Gasteiger partial charge >= 0.3 is 0 Å². The van der Waals surface area contributed by atoms with E-state index in [1.807, 2.05) is 13.8 Å². The largest absolute Gasteiger partial charge is 0.493 e. The Labute approximate surface area is 116 Å². The van der Waals surface area contributed by atoms with Crippen molar-refractivity contribution < 1.29 is 14.6 Å². The van der Waals surface area contributed by atoms with Crippen LogP contribution in [-0.2, 0) is 0 Å². The average Bonchev–Trinajstić information content (AvgIpc) is 2.37. The van der Waals surface area contributed by atoms with Gasteiger partial charge in [-0.2, -0.15) is 0 Å². The van der Waals surface area contributed by atoms with Gasteiger partial charge in [0.15, 0.2) is 11.5 Å². The first kappa shape index (κ1) is 15.3. The Bertz CT molecular complexity index is 398. The van der Waals surface area contributed by atoms with Gasteiger partial charge in [-0.15, -0.1) is 0 Å². The van der Waals surface area contributed by atoms with Gasteiger partial charge < -0.3 is 19.9 Å². The summed E-state index contributed by atoms with van der Waals surface area (Å²) in [7, 11) is 3.16. The third-order valence-corrected chi connectivity index (χ3v) is 3.51. The molecule has 4 nitrogen and oxygen atoms in total. The predicted molar refractivity (Wildman–Crippen MR) is 75.3 cm³/mol. The second-order valence-electron chi connectivity index (χ2n) is 4.02. The minimum absolute atomic E-state index is 0.0376. The highest BCUT2D eigenvalue weighted by Crippen LogP contribution is 2.36. The van der Waals surface area contributed by atoms with E-state index in [2.05, 4.69) is 21.2 Å². The van der Waals surface area contributed by atoms with Crippen LogP contribution >= 0.6 is 15.9 Å². The van der Waals surface area contributed by atoms with Crippen LogP contribution in [0.3, 0.4) is 0 Å². The molecule has 0 aliphatic carbocycles. The minimum atomic E-state index is -0.612. The normalized spacial score (nSPS) is 14.1. The number of hydrogen-bond acceptors (Lipinski definition) is 4. The standard InChI is InChI=1S/C13H20BrNO3/c1-5-15-8(2)13(16)9-6-11(17-3)12(18-4)7-10(9)14/h6-8,13,15-16H,5H2,1-4H3. The molecule has 102 valence electrons. The van der Waals surface area contributed by atoms with Crippen LogP contribution in [0, 0.1) is 0 Å². The first-order chi connectivity index (χ1) is 8.54. The van der Waals surface area contributed by atoms with Gasteiger partial charge in [0.2, 0.25) is 0 Å². The van der Waals surface area contributed by atoms with Crippen molar-refractivity contribution in [1.82, 2.24) is 5.32 Å². The van der Waals surface area contributed by atoms with Gasteiger partial charge in [0, 0.05) is 16.1 Å². The third-order valence-electron chi connectivity index (χ3n) is 2.82. The molecule has 0 saturated heterocycles. The molecule has 5 heteroatoms. The van der Waals surface area contributed by atoms with Crippen LogP contribution in [0.4, 0.5) is 0 Å². The highest BCUT2D eigenvalue weighted by Gasteiger charge is 2.20. The highest BCUT2D eigenvalue weighted by molar-refractivity contribution is 9.10. The average molecular weight is 318 g/mol. The fraction of sp³-hybridized carbons (Fsp3) is 0.538. The predicted octanol–water partition coefficient (Wildman–Crippen LogP) is 2.50. The molecule has 0 aromatic heterocycles. The van der Waals surface area contributed by atoms with E-state index in [1.54, 1.807) is 26.4 Å². The molecule has 1 aromatic carbocycles. The zero-order valence-electron chi connectivity index (χ0n) is 11.2. The van der Waals surface area contributed by atoms with Crippen molar-refractivity contribution in [2.24, 2.45) is 0 Å². The quantitative estimate of drug-likeness (QED) is 0.846. The maximum Gasteiger partial charge on any atom is 0.161 e. The summed E-state index contributed by atoms with van der Waals surface area (Å²) < 4.78 is 11.3. The maximum atomic E-state index is 10.3. The summed E-state index contributed by atoms with van der Waals surface area (Å²) in [4.78, 5) is 0. The number of benzene rings is 1. The molecule has 1 rings (SSSR count). The molecular formula is C13H20BrNO3. The van der Waals surface area contributed by atoms with Crippen LogP contribution in [0.15, 0.2) is 16.6 Å². The molecule has 2 atom stereocenters. The number of aliphatic hydroxyl groups is 1. The molecule has 0 aliphatic heterocycles. The molecule has 0 saturated carbocycles. The number of ether oxygens (including phenoxy) is 2. The lowest BCUT2D eigenvalue weighted by Crippen LogP contribution is -2.32. The number of hydrogen-bond donors (Lipinski definition) is 2. The summed E-state index contributed by atoms with van der Waals surface area (Å²) in [6.45, 7) is 4.76. The molecule has 0 aliphatic rings. The molecular weight excluding hydrogens is 298 g/mol. The molecule has 0 heterocycles. The van der Waals surface area contributed by atoms with Crippen molar-refractivity contribution in [2.45, 2.75) is 26.0 Å². The van der Waals surface area contributed by atoms with Crippen molar-refractivity contribution in [2.75, 3.05) is 20.8 Å². The van der Waals surface area contributed by atoms with E-state index in [-0.39, 0.29) is 6.04 Å². The van der Waals surface area contributed by atoms with Crippen molar-refractivity contribution in [3.05, 3.63) is 22.2 Å². The summed E-state index contributed by atoms with van der Waals surface area (Å²) >= 11 is 3.45.